The lowest BCUT2D eigenvalue weighted by atomic mass is 9.94. The highest BCUT2D eigenvalue weighted by atomic mass is 16.5. The standard InChI is InChI=1S/C18H26N6O3/c1-4-27-17-21-16-20-14(10(2)3)7-15(24(16)22-17)19-8-11-5-13-6-12(11)9-23(13)18(25)26/h7,10-13,19H,4-6,8-9H2,1-3H3,(H,25,26). The van der Waals surface area contributed by atoms with Gasteiger partial charge >= 0.3 is 12.1 Å². The van der Waals surface area contributed by atoms with E-state index < -0.39 is 6.09 Å². The van der Waals surface area contributed by atoms with Crippen molar-refractivity contribution in [3.63, 3.8) is 0 Å². The first-order valence-electron chi connectivity index (χ1n) is 9.60. The molecule has 9 heteroatoms. The van der Waals surface area contributed by atoms with Crippen molar-refractivity contribution in [3.05, 3.63) is 11.8 Å². The Balaban J connectivity index is 1.52. The van der Waals surface area contributed by atoms with E-state index in [0.29, 0.717) is 36.8 Å². The van der Waals surface area contributed by atoms with Crippen LogP contribution in [0.4, 0.5) is 10.6 Å². The Morgan fingerprint density at radius 1 is 1.41 bits per heavy atom. The first kappa shape index (κ1) is 17.8. The van der Waals surface area contributed by atoms with E-state index >= 15 is 0 Å². The van der Waals surface area contributed by atoms with Crippen molar-refractivity contribution < 1.29 is 14.6 Å². The zero-order valence-corrected chi connectivity index (χ0v) is 15.9. The molecule has 2 aromatic heterocycles. The highest BCUT2D eigenvalue weighted by Gasteiger charge is 2.46. The van der Waals surface area contributed by atoms with E-state index in [9.17, 15) is 9.90 Å². The molecular formula is C18H26N6O3. The molecule has 2 N–H and O–H groups in total. The number of carboxylic acid groups (broad SMARTS) is 1. The van der Waals surface area contributed by atoms with E-state index in [0.717, 1.165) is 30.9 Å². The predicted molar refractivity (Wildman–Crippen MR) is 99.3 cm³/mol. The molecule has 2 bridgehead atoms. The fourth-order valence-electron chi connectivity index (χ4n) is 4.26. The number of hydrogen-bond donors (Lipinski definition) is 2. The van der Waals surface area contributed by atoms with Crippen LogP contribution in [0, 0.1) is 11.8 Å². The van der Waals surface area contributed by atoms with Gasteiger partial charge in [-0.3, -0.25) is 0 Å². The summed E-state index contributed by atoms with van der Waals surface area (Å²) in [6.45, 7) is 8.02. The number of rotatable bonds is 6. The number of fused-ring (bicyclic) bond motifs is 3. The first-order chi connectivity index (χ1) is 13.0. The molecule has 27 heavy (non-hydrogen) atoms. The Morgan fingerprint density at radius 2 is 2.22 bits per heavy atom. The number of hydrogen-bond acceptors (Lipinski definition) is 6. The summed E-state index contributed by atoms with van der Waals surface area (Å²) in [7, 11) is 0. The molecule has 1 saturated heterocycles. The number of amides is 1. The van der Waals surface area contributed by atoms with E-state index in [1.807, 2.05) is 13.0 Å². The molecule has 9 nitrogen and oxygen atoms in total. The monoisotopic (exact) mass is 374 g/mol. The Hall–Kier alpha value is -2.58. The third-order valence-corrected chi connectivity index (χ3v) is 5.66. The first-order valence-corrected chi connectivity index (χ1v) is 9.60. The summed E-state index contributed by atoms with van der Waals surface area (Å²) in [5.74, 6) is 2.54. The average Bonchev–Trinajstić information content (AvgIpc) is 3.32. The molecule has 1 saturated carbocycles. The lowest BCUT2D eigenvalue weighted by Crippen LogP contribution is -2.40. The summed E-state index contributed by atoms with van der Waals surface area (Å²) >= 11 is 0. The summed E-state index contributed by atoms with van der Waals surface area (Å²) in [5.41, 5.74) is 0.949. The van der Waals surface area contributed by atoms with Crippen LogP contribution in [0.25, 0.3) is 5.78 Å². The number of nitrogens with zero attached hydrogens (tertiary/aromatic N) is 5. The van der Waals surface area contributed by atoms with Crippen molar-refractivity contribution in [2.75, 3.05) is 25.0 Å². The molecule has 1 aliphatic carbocycles. The van der Waals surface area contributed by atoms with E-state index in [-0.39, 0.29) is 12.0 Å². The van der Waals surface area contributed by atoms with Gasteiger partial charge in [-0.2, -0.15) is 9.50 Å². The summed E-state index contributed by atoms with van der Waals surface area (Å²) in [5, 5.41) is 17.2. The third kappa shape index (κ3) is 3.26. The van der Waals surface area contributed by atoms with Crippen molar-refractivity contribution in [2.45, 2.75) is 45.6 Å². The Bertz CT molecular complexity index is 851. The molecule has 0 radical (unpaired) electrons. The zero-order chi connectivity index (χ0) is 19.1. The number of ether oxygens (including phenoxy) is 1. The van der Waals surface area contributed by atoms with Gasteiger partial charge in [0.05, 0.1) is 12.3 Å². The lowest BCUT2D eigenvalue weighted by Gasteiger charge is -2.29. The number of anilines is 1. The Kier molecular flexibility index (Phi) is 4.53. The van der Waals surface area contributed by atoms with Crippen molar-refractivity contribution in [2.24, 2.45) is 11.8 Å². The van der Waals surface area contributed by atoms with E-state index in [2.05, 4.69) is 34.2 Å². The van der Waals surface area contributed by atoms with Crippen LogP contribution >= 0.6 is 0 Å². The zero-order valence-electron chi connectivity index (χ0n) is 15.9. The fourth-order valence-corrected chi connectivity index (χ4v) is 4.26. The molecule has 4 rings (SSSR count). The van der Waals surface area contributed by atoms with Gasteiger partial charge in [0.1, 0.15) is 5.82 Å². The van der Waals surface area contributed by atoms with Crippen molar-refractivity contribution in [1.82, 2.24) is 24.5 Å². The van der Waals surface area contributed by atoms with Gasteiger partial charge in [-0.05, 0) is 37.5 Å². The predicted octanol–water partition coefficient (Wildman–Crippen LogP) is 2.45. The second-order valence-corrected chi connectivity index (χ2v) is 7.72. The molecule has 2 aromatic rings. The number of aromatic nitrogens is 4. The van der Waals surface area contributed by atoms with Gasteiger partial charge in [0.2, 0.25) is 0 Å². The second kappa shape index (κ2) is 6.86. The summed E-state index contributed by atoms with van der Waals surface area (Å²) < 4.78 is 7.11. The molecule has 0 spiro atoms. The van der Waals surface area contributed by atoms with E-state index in [4.69, 9.17) is 4.74 Å². The maximum Gasteiger partial charge on any atom is 0.407 e. The Morgan fingerprint density at radius 3 is 2.85 bits per heavy atom. The van der Waals surface area contributed by atoms with Gasteiger partial charge < -0.3 is 20.1 Å². The molecule has 1 aliphatic heterocycles. The molecule has 0 aromatic carbocycles. The molecule has 146 valence electrons. The topological polar surface area (TPSA) is 105 Å². The van der Waals surface area contributed by atoms with Gasteiger partial charge in [0, 0.05) is 25.2 Å². The van der Waals surface area contributed by atoms with Gasteiger partial charge in [-0.1, -0.05) is 13.8 Å². The molecule has 3 heterocycles. The summed E-state index contributed by atoms with van der Waals surface area (Å²) in [4.78, 5) is 21.8. The quantitative estimate of drug-likeness (QED) is 0.800. The lowest BCUT2D eigenvalue weighted by molar-refractivity contribution is 0.121. The largest absolute Gasteiger partial charge is 0.465 e. The number of carbonyl (C=O) groups is 1. The van der Waals surface area contributed by atoms with Crippen LogP contribution in [0.2, 0.25) is 0 Å². The normalized spacial score (nSPS) is 24.1. The number of likely N-dealkylation sites (tertiary alicyclic amines) is 1. The van der Waals surface area contributed by atoms with Gasteiger partial charge in [0.15, 0.2) is 0 Å². The molecule has 3 atom stereocenters. The molecule has 3 unspecified atom stereocenters. The maximum atomic E-state index is 11.3. The SMILES string of the molecule is CCOc1nc2nc(C(C)C)cc(NCC3CC4CC3CN4C(=O)O)n2n1. The van der Waals surface area contributed by atoms with Crippen LogP contribution in [-0.2, 0) is 0 Å². The van der Waals surface area contributed by atoms with Crippen LogP contribution < -0.4 is 10.1 Å². The summed E-state index contributed by atoms with van der Waals surface area (Å²) in [6.07, 6.45) is 1.09. The maximum absolute atomic E-state index is 11.3. The van der Waals surface area contributed by atoms with Crippen LogP contribution in [0.1, 0.15) is 45.2 Å². The second-order valence-electron chi connectivity index (χ2n) is 7.72. The number of piperidine rings is 1. The Labute approximate surface area is 157 Å². The third-order valence-electron chi connectivity index (χ3n) is 5.66. The van der Waals surface area contributed by atoms with Crippen molar-refractivity contribution in [3.8, 4) is 6.01 Å². The van der Waals surface area contributed by atoms with E-state index in [1.54, 1.807) is 9.42 Å². The molecule has 2 aliphatic rings. The minimum absolute atomic E-state index is 0.166. The summed E-state index contributed by atoms with van der Waals surface area (Å²) in [6, 6.07) is 2.50. The fraction of sp³-hybridized carbons (Fsp3) is 0.667. The minimum Gasteiger partial charge on any atom is -0.465 e. The van der Waals surface area contributed by atoms with Crippen LogP contribution in [0.3, 0.4) is 0 Å². The minimum atomic E-state index is -0.794. The molecule has 1 amide bonds. The van der Waals surface area contributed by atoms with Crippen molar-refractivity contribution >= 4 is 17.7 Å². The number of nitrogens with one attached hydrogen (secondary N) is 1. The highest BCUT2D eigenvalue weighted by Crippen LogP contribution is 2.42. The van der Waals surface area contributed by atoms with Crippen LogP contribution in [-0.4, -0.2) is 61.4 Å². The van der Waals surface area contributed by atoms with Crippen LogP contribution in [0.15, 0.2) is 6.07 Å². The van der Waals surface area contributed by atoms with Gasteiger partial charge in [-0.25, -0.2) is 9.78 Å². The molecule has 2 fully saturated rings. The smallest absolute Gasteiger partial charge is 0.407 e. The molecular weight excluding hydrogens is 348 g/mol. The van der Waals surface area contributed by atoms with Gasteiger partial charge in [0.25, 0.3) is 5.78 Å². The average molecular weight is 374 g/mol. The van der Waals surface area contributed by atoms with E-state index in [1.165, 1.54) is 0 Å². The highest BCUT2D eigenvalue weighted by molar-refractivity contribution is 5.66. The van der Waals surface area contributed by atoms with Crippen molar-refractivity contribution in [1.29, 1.82) is 0 Å². The van der Waals surface area contributed by atoms with Crippen LogP contribution in [0.5, 0.6) is 6.01 Å². The van der Waals surface area contributed by atoms with Gasteiger partial charge in [-0.15, -0.1) is 5.10 Å².